The molecule has 1 aromatic heterocycles. The van der Waals surface area contributed by atoms with Gasteiger partial charge in [0.2, 0.25) is 0 Å². The van der Waals surface area contributed by atoms with E-state index in [0.717, 1.165) is 48.6 Å². The number of pyridine rings is 1. The van der Waals surface area contributed by atoms with Crippen LogP contribution in [-0.2, 0) is 0 Å². The van der Waals surface area contributed by atoms with Gasteiger partial charge in [0.25, 0.3) is 0 Å². The Kier molecular flexibility index (Phi) is 10.5. The molecule has 5 rings (SSSR count). The molecule has 1 aliphatic heterocycles. The molecule has 5 heteroatoms. The van der Waals surface area contributed by atoms with E-state index in [1.54, 1.807) is 6.07 Å². The molecule has 0 spiro atoms. The molecular weight excluding hydrogens is 639 g/mol. The average molecular weight is 681 g/mol. The SMILES string of the molecule is CCC(C)/C=C(\CI)N1c2ccccc2N(c2cccc(C3=CC(c4ccc(C#N)nc4)=CCC3)c2)CCC/C=C\C1C. The molecule has 0 N–H and O–H groups in total. The fraction of sp³-hybridized carbons (Fsp3) is 0.316. The zero-order chi connectivity index (χ0) is 30.2. The van der Waals surface area contributed by atoms with Gasteiger partial charge in [-0.2, -0.15) is 5.26 Å². The van der Waals surface area contributed by atoms with Crippen molar-refractivity contribution in [3.63, 3.8) is 0 Å². The molecule has 43 heavy (non-hydrogen) atoms. The van der Waals surface area contributed by atoms with Gasteiger partial charge in [-0.05, 0) is 97.2 Å². The van der Waals surface area contributed by atoms with Crippen LogP contribution < -0.4 is 9.80 Å². The monoisotopic (exact) mass is 680 g/mol. The van der Waals surface area contributed by atoms with Crippen LogP contribution in [0.5, 0.6) is 0 Å². The minimum absolute atomic E-state index is 0.256. The Bertz CT molecular complexity index is 1570. The number of rotatable bonds is 7. The normalized spacial score (nSPS) is 19.0. The van der Waals surface area contributed by atoms with Crippen LogP contribution in [0, 0.1) is 17.2 Å². The number of halogens is 1. The lowest BCUT2D eigenvalue weighted by molar-refractivity contribution is 0.683. The first kappa shape index (κ1) is 30.8. The molecule has 1 aliphatic carbocycles. The Labute approximate surface area is 271 Å². The number of nitrogens with zero attached hydrogens (tertiary/aromatic N) is 4. The Balaban J connectivity index is 1.55. The standard InChI is InChI=1S/C38H41IN4/c1-4-28(2)22-36(25-39)43-29(3)12-6-5-9-21-42(37-17-7-8-18-38(37)43)35-16-11-15-32(24-35)30-13-10-14-31(23-30)33-19-20-34(26-40)41-27-33/h6-8,11-12,14-20,22-24,27-29H,4-5,9-10,13,21,25H2,1-3H3/b12-6-,36-22+. The fourth-order valence-corrected chi connectivity index (χ4v) is 6.56. The molecule has 0 radical (unpaired) electrons. The predicted octanol–water partition coefficient (Wildman–Crippen LogP) is 10.3. The zero-order valence-electron chi connectivity index (χ0n) is 25.5. The second-order valence-electron chi connectivity index (χ2n) is 11.5. The number of benzene rings is 2. The Morgan fingerprint density at radius 3 is 2.67 bits per heavy atom. The molecule has 2 aromatic carbocycles. The Morgan fingerprint density at radius 2 is 1.93 bits per heavy atom. The lowest BCUT2D eigenvalue weighted by Crippen LogP contribution is -2.34. The van der Waals surface area contributed by atoms with Crippen LogP contribution in [0.15, 0.2) is 103 Å². The highest BCUT2D eigenvalue weighted by molar-refractivity contribution is 14.1. The summed E-state index contributed by atoms with van der Waals surface area (Å²) >= 11 is 2.53. The van der Waals surface area contributed by atoms with Crippen molar-refractivity contribution in [1.82, 2.24) is 4.98 Å². The van der Waals surface area contributed by atoms with E-state index in [-0.39, 0.29) is 6.04 Å². The predicted molar refractivity (Wildman–Crippen MR) is 191 cm³/mol. The van der Waals surface area contributed by atoms with Crippen LogP contribution in [-0.4, -0.2) is 22.0 Å². The largest absolute Gasteiger partial charge is 0.340 e. The van der Waals surface area contributed by atoms with Crippen LogP contribution in [0.1, 0.15) is 69.7 Å². The number of hydrogen-bond donors (Lipinski definition) is 0. The molecule has 4 nitrogen and oxygen atoms in total. The van der Waals surface area contributed by atoms with Gasteiger partial charge in [-0.15, -0.1) is 0 Å². The lowest BCUT2D eigenvalue weighted by atomic mass is 9.91. The van der Waals surface area contributed by atoms with E-state index >= 15 is 0 Å². The minimum Gasteiger partial charge on any atom is -0.340 e. The van der Waals surface area contributed by atoms with Gasteiger partial charge in [-0.1, -0.05) is 97.5 Å². The molecule has 2 heterocycles. The number of hydrogen-bond acceptors (Lipinski definition) is 4. The van der Waals surface area contributed by atoms with Gasteiger partial charge in [0.15, 0.2) is 0 Å². The highest BCUT2D eigenvalue weighted by atomic mass is 127. The Hall–Kier alpha value is -3.63. The second kappa shape index (κ2) is 14.7. The van der Waals surface area contributed by atoms with Gasteiger partial charge in [0.05, 0.1) is 11.4 Å². The zero-order valence-corrected chi connectivity index (χ0v) is 27.7. The first-order chi connectivity index (χ1) is 21.0. The summed E-state index contributed by atoms with van der Waals surface area (Å²) in [5.74, 6) is 0.527. The maximum absolute atomic E-state index is 9.15. The summed E-state index contributed by atoms with van der Waals surface area (Å²) in [6.45, 7) is 7.85. The van der Waals surface area contributed by atoms with Crippen LogP contribution in [0.4, 0.5) is 17.1 Å². The minimum atomic E-state index is 0.256. The molecule has 2 aliphatic rings. The third-order valence-corrected chi connectivity index (χ3v) is 9.20. The van der Waals surface area contributed by atoms with E-state index in [0.29, 0.717) is 11.6 Å². The number of para-hydroxylation sites is 2. The molecule has 0 amide bonds. The second-order valence-corrected chi connectivity index (χ2v) is 12.2. The summed E-state index contributed by atoms with van der Waals surface area (Å²) in [5, 5.41) is 9.15. The van der Waals surface area contributed by atoms with Gasteiger partial charge in [0, 0.05) is 34.6 Å². The van der Waals surface area contributed by atoms with Crippen LogP contribution in [0.2, 0.25) is 0 Å². The number of fused-ring (bicyclic) bond motifs is 1. The number of nitriles is 1. The molecule has 0 saturated carbocycles. The molecule has 220 valence electrons. The third-order valence-electron chi connectivity index (χ3n) is 8.42. The number of aromatic nitrogens is 1. The first-order valence-electron chi connectivity index (χ1n) is 15.5. The Morgan fingerprint density at radius 1 is 1.09 bits per heavy atom. The molecule has 2 unspecified atom stereocenters. The van der Waals surface area contributed by atoms with Crippen molar-refractivity contribution >= 4 is 50.8 Å². The third kappa shape index (κ3) is 7.30. The topological polar surface area (TPSA) is 43.2 Å². The lowest BCUT2D eigenvalue weighted by Gasteiger charge is -2.37. The van der Waals surface area contributed by atoms with Crippen molar-refractivity contribution < 1.29 is 0 Å². The number of allylic oxidation sites excluding steroid dienone is 7. The van der Waals surface area contributed by atoms with Gasteiger partial charge in [-0.3, -0.25) is 0 Å². The van der Waals surface area contributed by atoms with Crippen molar-refractivity contribution in [2.24, 2.45) is 5.92 Å². The average Bonchev–Trinajstić information content (AvgIpc) is 3.06. The summed E-state index contributed by atoms with van der Waals surface area (Å²) in [6.07, 6.45) is 18.9. The van der Waals surface area contributed by atoms with Gasteiger partial charge in [0.1, 0.15) is 11.8 Å². The van der Waals surface area contributed by atoms with Gasteiger partial charge < -0.3 is 9.80 Å². The van der Waals surface area contributed by atoms with Crippen molar-refractivity contribution in [2.75, 3.05) is 20.8 Å². The highest BCUT2D eigenvalue weighted by Gasteiger charge is 2.24. The molecular formula is C38H41IN4. The van der Waals surface area contributed by atoms with E-state index in [1.165, 1.54) is 39.5 Å². The molecule has 2 atom stereocenters. The summed E-state index contributed by atoms with van der Waals surface area (Å²) in [4.78, 5) is 9.38. The highest BCUT2D eigenvalue weighted by Crippen LogP contribution is 2.40. The summed E-state index contributed by atoms with van der Waals surface area (Å²) < 4.78 is 0.961. The van der Waals surface area contributed by atoms with E-state index in [1.807, 2.05) is 12.3 Å². The van der Waals surface area contributed by atoms with E-state index in [4.69, 9.17) is 5.26 Å². The van der Waals surface area contributed by atoms with Crippen LogP contribution >= 0.6 is 22.6 Å². The quantitative estimate of drug-likeness (QED) is 0.142. The van der Waals surface area contributed by atoms with E-state index < -0.39 is 0 Å². The number of anilines is 3. The fourth-order valence-electron chi connectivity index (χ4n) is 5.94. The van der Waals surface area contributed by atoms with Crippen molar-refractivity contribution in [2.45, 2.75) is 58.9 Å². The van der Waals surface area contributed by atoms with E-state index in [2.05, 4.69) is 143 Å². The van der Waals surface area contributed by atoms with Gasteiger partial charge >= 0.3 is 0 Å². The van der Waals surface area contributed by atoms with Crippen molar-refractivity contribution in [3.8, 4) is 6.07 Å². The molecule has 0 bridgehead atoms. The molecule has 0 fully saturated rings. The number of alkyl halides is 1. The van der Waals surface area contributed by atoms with Crippen LogP contribution in [0.25, 0.3) is 11.1 Å². The van der Waals surface area contributed by atoms with Gasteiger partial charge in [-0.25, -0.2) is 4.98 Å². The maximum atomic E-state index is 9.15. The first-order valence-corrected chi connectivity index (χ1v) is 17.0. The van der Waals surface area contributed by atoms with Crippen LogP contribution in [0.3, 0.4) is 0 Å². The molecule has 3 aromatic rings. The van der Waals surface area contributed by atoms with Crippen molar-refractivity contribution in [3.05, 3.63) is 120 Å². The summed E-state index contributed by atoms with van der Waals surface area (Å²) in [6, 6.07) is 24.2. The summed E-state index contributed by atoms with van der Waals surface area (Å²) in [7, 11) is 0. The van der Waals surface area contributed by atoms with Crippen molar-refractivity contribution in [1.29, 1.82) is 5.26 Å². The van der Waals surface area contributed by atoms with E-state index in [9.17, 15) is 0 Å². The maximum Gasteiger partial charge on any atom is 0.140 e. The molecule has 0 saturated heterocycles. The smallest absolute Gasteiger partial charge is 0.140 e. The summed E-state index contributed by atoms with van der Waals surface area (Å²) in [5.41, 5.74) is 10.4.